The van der Waals surface area contributed by atoms with E-state index < -0.39 is 6.04 Å². The topological polar surface area (TPSA) is 71.8 Å². The number of rotatable bonds is 3. The number of ketones is 1. The molecule has 3 N–H and O–H groups in total. The molecule has 0 aliphatic carbocycles. The summed E-state index contributed by atoms with van der Waals surface area (Å²) in [5.74, 6) is 0.0760. The van der Waals surface area contributed by atoms with Crippen LogP contribution in [-0.2, 0) is 11.2 Å². The monoisotopic (exact) mass is 195 g/mol. The van der Waals surface area contributed by atoms with E-state index in [9.17, 15) is 4.79 Å². The Balaban J connectivity index is 2.59. The average molecular weight is 195 g/mol. The van der Waals surface area contributed by atoms with Crippen molar-refractivity contribution in [2.45, 2.75) is 33.2 Å². The molecule has 1 heterocycles. The van der Waals surface area contributed by atoms with Gasteiger partial charge in [0.15, 0.2) is 5.78 Å². The summed E-state index contributed by atoms with van der Waals surface area (Å²) in [4.78, 5) is 18.5. The van der Waals surface area contributed by atoms with E-state index in [0.29, 0.717) is 6.42 Å². The Hall–Kier alpha value is -1.16. The standard InChI is InChI=1S/C10H17N3O/c1-10(2,3)9(14)8(11)4-7-5-12-6-13-7/h5-6,8H,4,11H2,1-3H3,(H,12,13)/t8-/m1/s1. The van der Waals surface area contributed by atoms with Gasteiger partial charge in [0, 0.05) is 23.7 Å². The molecule has 0 saturated heterocycles. The van der Waals surface area contributed by atoms with Gasteiger partial charge in [-0.3, -0.25) is 4.79 Å². The molecule has 4 heteroatoms. The maximum Gasteiger partial charge on any atom is 0.155 e. The fourth-order valence-corrected chi connectivity index (χ4v) is 1.28. The fraction of sp³-hybridized carbons (Fsp3) is 0.600. The molecule has 4 nitrogen and oxygen atoms in total. The number of aromatic nitrogens is 2. The first-order valence-electron chi connectivity index (χ1n) is 4.68. The molecule has 1 atom stereocenters. The average Bonchev–Trinajstić information content (AvgIpc) is 2.53. The maximum atomic E-state index is 11.7. The highest BCUT2D eigenvalue weighted by molar-refractivity contribution is 5.88. The van der Waals surface area contributed by atoms with Gasteiger partial charge in [0.1, 0.15) is 0 Å². The SMILES string of the molecule is CC(C)(C)C(=O)[C@H](N)Cc1cnc[nH]1. The normalized spacial score (nSPS) is 14.0. The molecule has 78 valence electrons. The Labute approximate surface area is 83.9 Å². The van der Waals surface area contributed by atoms with Gasteiger partial charge < -0.3 is 10.7 Å². The lowest BCUT2D eigenvalue weighted by Crippen LogP contribution is -2.40. The van der Waals surface area contributed by atoms with Crippen molar-refractivity contribution in [1.82, 2.24) is 9.97 Å². The van der Waals surface area contributed by atoms with Gasteiger partial charge in [-0.15, -0.1) is 0 Å². The predicted molar refractivity (Wildman–Crippen MR) is 54.7 cm³/mol. The van der Waals surface area contributed by atoms with Gasteiger partial charge in [-0.05, 0) is 0 Å². The number of aromatic amines is 1. The zero-order valence-electron chi connectivity index (χ0n) is 8.87. The van der Waals surface area contributed by atoms with E-state index in [0.717, 1.165) is 5.69 Å². The highest BCUT2D eigenvalue weighted by atomic mass is 16.1. The highest BCUT2D eigenvalue weighted by Gasteiger charge is 2.27. The van der Waals surface area contributed by atoms with Crippen molar-refractivity contribution in [3.8, 4) is 0 Å². The van der Waals surface area contributed by atoms with E-state index in [2.05, 4.69) is 9.97 Å². The maximum absolute atomic E-state index is 11.7. The van der Waals surface area contributed by atoms with Crippen LogP contribution in [0.15, 0.2) is 12.5 Å². The predicted octanol–water partition coefficient (Wildman–Crippen LogP) is 0.895. The summed E-state index contributed by atoms with van der Waals surface area (Å²) in [6, 6.07) is -0.449. The molecule has 0 radical (unpaired) electrons. The van der Waals surface area contributed by atoms with E-state index in [1.165, 1.54) is 0 Å². The van der Waals surface area contributed by atoms with Crippen molar-refractivity contribution in [1.29, 1.82) is 0 Å². The molecule has 0 fully saturated rings. The summed E-state index contributed by atoms with van der Waals surface area (Å²) in [6.45, 7) is 5.63. The second-order valence-electron chi connectivity index (χ2n) is 4.50. The number of nitrogens with two attached hydrogens (primary N) is 1. The largest absolute Gasteiger partial charge is 0.348 e. The third kappa shape index (κ3) is 2.67. The third-order valence-electron chi connectivity index (χ3n) is 2.07. The molecular weight excluding hydrogens is 178 g/mol. The number of hydrogen-bond acceptors (Lipinski definition) is 3. The second kappa shape index (κ2) is 3.92. The molecule has 0 spiro atoms. The molecule has 0 unspecified atom stereocenters. The molecule has 0 aliphatic heterocycles. The number of carbonyl (C=O) groups is 1. The molecule has 1 aromatic rings. The zero-order valence-corrected chi connectivity index (χ0v) is 8.87. The van der Waals surface area contributed by atoms with Crippen LogP contribution in [0, 0.1) is 5.41 Å². The summed E-state index contributed by atoms with van der Waals surface area (Å²) < 4.78 is 0. The van der Waals surface area contributed by atoms with Crippen LogP contribution in [0.1, 0.15) is 26.5 Å². The quantitative estimate of drug-likeness (QED) is 0.752. The van der Waals surface area contributed by atoms with Crippen molar-refractivity contribution in [2.24, 2.45) is 11.1 Å². The van der Waals surface area contributed by atoms with Crippen LogP contribution in [0.5, 0.6) is 0 Å². The molecule has 0 saturated carbocycles. The minimum Gasteiger partial charge on any atom is -0.348 e. The molecule has 0 bridgehead atoms. The van der Waals surface area contributed by atoms with Crippen LogP contribution in [-0.4, -0.2) is 21.8 Å². The Morgan fingerprint density at radius 2 is 2.29 bits per heavy atom. The van der Waals surface area contributed by atoms with Gasteiger partial charge in [-0.25, -0.2) is 4.98 Å². The Bertz CT molecular complexity index is 298. The molecule has 0 amide bonds. The van der Waals surface area contributed by atoms with Crippen molar-refractivity contribution in [3.05, 3.63) is 18.2 Å². The number of imidazole rings is 1. The lowest BCUT2D eigenvalue weighted by Gasteiger charge is -2.21. The summed E-state index contributed by atoms with van der Waals surface area (Å²) in [6.07, 6.45) is 3.80. The number of nitrogens with zero attached hydrogens (tertiary/aromatic N) is 1. The molecule has 0 aromatic carbocycles. The zero-order chi connectivity index (χ0) is 10.8. The second-order valence-corrected chi connectivity index (χ2v) is 4.50. The molecule has 0 aliphatic rings. The smallest absolute Gasteiger partial charge is 0.155 e. The summed E-state index contributed by atoms with van der Waals surface area (Å²) in [5, 5.41) is 0. The van der Waals surface area contributed by atoms with Gasteiger partial charge in [0.05, 0.1) is 12.4 Å². The van der Waals surface area contributed by atoms with E-state index in [1.807, 2.05) is 20.8 Å². The summed E-state index contributed by atoms with van der Waals surface area (Å²) >= 11 is 0. The number of nitrogens with one attached hydrogen (secondary N) is 1. The van der Waals surface area contributed by atoms with Crippen LogP contribution in [0.25, 0.3) is 0 Å². The van der Waals surface area contributed by atoms with Crippen LogP contribution in [0.3, 0.4) is 0 Å². The summed E-state index contributed by atoms with van der Waals surface area (Å²) in [7, 11) is 0. The van der Waals surface area contributed by atoms with E-state index >= 15 is 0 Å². The number of H-pyrrole nitrogens is 1. The van der Waals surface area contributed by atoms with Crippen molar-refractivity contribution < 1.29 is 4.79 Å². The Kier molecular flexibility index (Phi) is 3.06. The number of hydrogen-bond donors (Lipinski definition) is 2. The van der Waals surface area contributed by atoms with E-state index in [-0.39, 0.29) is 11.2 Å². The summed E-state index contributed by atoms with van der Waals surface area (Å²) in [5.41, 5.74) is 6.32. The first kappa shape index (κ1) is 10.9. The number of Topliss-reactive ketones (excluding diaryl/α,β-unsaturated/α-hetero) is 1. The van der Waals surface area contributed by atoms with Gasteiger partial charge in [0.2, 0.25) is 0 Å². The molecular formula is C10H17N3O. The minimum absolute atomic E-state index is 0.0760. The Morgan fingerprint density at radius 1 is 1.64 bits per heavy atom. The minimum atomic E-state index is -0.449. The van der Waals surface area contributed by atoms with Crippen LogP contribution < -0.4 is 5.73 Å². The third-order valence-corrected chi connectivity index (χ3v) is 2.07. The van der Waals surface area contributed by atoms with Crippen LogP contribution in [0.2, 0.25) is 0 Å². The van der Waals surface area contributed by atoms with Gasteiger partial charge in [0.25, 0.3) is 0 Å². The van der Waals surface area contributed by atoms with Crippen molar-refractivity contribution in [3.63, 3.8) is 0 Å². The lowest BCUT2D eigenvalue weighted by molar-refractivity contribution is -0.127. The lowest BCUT2D eigenvalue weighted by atomic mass is 9.85. The Morgan fingerprint density at radius 3 is 2.71 bits per heavy atom. The van der Waals surface area contributed by atoms with Gasteiger partial charge >= 0.3 is 0 Å². The van der Waals surface area contributed by atoms with Crippen LogP contribution in [0.4, 0.5) is 0 Å². The molecule has 1 aromatic heterocycles. The fourth-order valence-electron chi connectivity index (χ4n) is 1.28. The molecule has 1 rings (SSSR count). The number of carbonyl (C=O) groups excluding carboxylic acids is 1. The van der Waals surface area contributed by atoms with Crippen molar-refractivity contribution >= 4 is 5.78 Å². The van der Waals surface area contributed by atoms with E-state index in [1.54, 1.807) is 12.5 Å². The van der Waals surface area contributed by atoms with Crippen LogP contribution >= 0.6 is 0 Å². The van der Waals surface area contributed by atoms with Gasteiger partial charge in [-0.2, -0.15) is 0 Å². The highest BCUT2D eigenvalue weighted by Crippen LogP contribution is 2.17. The molecule has 14 heavy (non-hydrogen) atoms. The van der Waals surface area contributed by atoms with Gasteiger partial charge in [-0.1, -0.05) is 20.8 Å². The van der Waals surface area contributed by atoms with Crippen molar-refractivity contribution in [2.75, 3.05) is 0 Å². The van der Waals surface area contributed by atoms with E-state index in [4.69, 9.17) is 5.73 Å². The first-order chi connectivity index (χ1) is 6.41. The first-order valence-corrected chi connectivity index (χ1v) is 4.68.